The summed E-state index contributed by atoms with van der Waals surface area (Å²) in [6.07, 6.45) is 7.08. The van der Waals surface area contributed by atoms with Gasteiger partial charge in [0, 0.05) is 5.25 Å². The van der Waals surface area contributed by atoms with Crippen molar-refractivity contribution in [2.45, 2.75) is 42.1 Å². The van der Waals surface area contributed by atoms with Gasteiger partial charge in [-0.1, -0.05) is 24.6 Å². The summed E-state index contributed by atoms with van der Waals surface area (Å²) in [6.45, 7) is 0. The Labute approximate surface area is 81.1 Å². The third kappa shape index (κ3) is 1.22. The lowest BCUT2D eigenvalue weighted by Gasteiger charge is -2.35. The van der Waals surface area contributed by atoms with Crippen LogP contribution in [0.2, 0.25) is 0 Å². The Morgan fingerprint density at radius 3 is 3.38 bits per heavy atom. The highest BCUT2D eigenvalue weighted by Crippen LogP contribution is 2.36. The molecule has 2 aliphatic rings. The van der Waals surface area contributed by atoms with Gasteiger partial charge in [0.25, 0.3) is 0 Å². The molecular weight excluding hydrogens is 184 g/mol. The lowest BCUT2D eigenvalue weighted by atomic mass is 9.95. The van der Waals surface area contributed by atoms with E-state index in [0.29, 0.717) is 11.3 Å². The van der Waals surface area contributed by atoms with Crippen molar-refractivity contribution in [3.63, 3.8) is 0 Å². The minimum absolute atomic E-state index is 0.627. The van der Waals surface area contributed by atoms with Crippen LogP contribution in [-0.4, -0.2) is 26.2 Å². The number of fused-ring (bicyclic) bond motifs is 2. The molecule has 13 heavy (non-hydrogen) atoms. The first-order valence-electron chi connectivity index (χ1n) is 4.77. The molecule has 4 nitrogen and oxygen atoms in total. The Balaban J connectivity index is 1.89. The second-order valence-electron chi connectivity index (χ2n) is 3.66. The highest BCUT2D eigenvalue weighted by molar-refractivity contribution is 7.99. The van der Waals surface area contributed by atoms with Gasteiger partial charge < -0.3 is 5.43 Å². The number of rotatable bonds is 0. The summed E-state index contributed by atoms with van der Waals surface area (Å²) in [5.41, 5.74) is 3.45. The van der Waals surface area contributed by atoms with E-state index in [0.717, 1.165) is 5.16 Å². The minimum Gasteiger partial charge on any atom is -0.318 e. The van der Waals surface area contributed by atoms with Crippen LogP contribution < -0.4 is 5.43 Å². The van der Waals surface area contributed by atoms with Crippen molar-refractivity contribution in [1.82, 2.24) is 14.9 Å². The summed E-state index contributed by atoms with van der Waals surface area (Å²) in [5, 5.41) is 9.68. The van der Waals surface area contributed by atoms with Crippen molar-refractivity contribution in [3.05, 3.63) is 6.33 Å². The van der Waals surface area contributed by atoms with Gasteiger partial charge >= 0.3 is 0 Å². The molecule has 0 aromatic carbocycles. The van der Waals surface area contributed by atoms with Gasteiger partial charge in [-0.15, -0.1) is 10.2 Å². The number of aromatic nitrogens is 3. The molecule has 0 saturated heterocycles. The zero-order valence-electron chi connectivity index (χ0n) is 7.31. The van der Waals surface area contributed by atoms with Crippen LogP contribution >= 0.6 is 11.8 Å². The average Bonchev–Trinajstić information content (AvgIpc) is 2.61. The van der Waals surface area contributed by atoms with E-state index in [1.54, 1.807) is 6.33 Å². The number of nitrogens with zero attached hydrogens (tertiary/aromatic N) is 3. The van der Waals surface area contributed by atoms with E-state index in [1.807, 2.05) is 16.4 Å². The lowest BCUT2D eigenvalue weighted by Crippen LogP contribution is -2.42. The molecule has 2 unspecified atom stereocenters. The highest BCUT2D eigenvalue weighted by Gasteiger charge is 2.31. The van der Waals surface area contributed by atoms with Crippen LogP contribution in [-0.2, 0) is 0 Å². The monoisotopic (exact) mass is 196 g/mol. The van der Waals surface area contributed by atoms with E-state index in [4.69, 9.17) is 0 Å². The molecule has 1 aliphatic heterocycles. The normalized spacial score (nSPS) is 31.7. The molecule has 1 saturated carbocycles. The smallest absolute Gasteiger partial charge is 0.210 e. The quantitative estimate of drug-likeness (QED) is 0.678. The number of nitrogens with one attached hydrogen (secondary N) is 1. The third-order valence-electron chi connectivity index (χ3n) is 2.78. The van der Waals surface area contributed by atoms with Gasteiger partial charge in [0.1, 0.15) is 6.33 Å². The third-order valence-corrected chi connectivity index (χ3v) is 4.14. The Morgan fingerprint density at radius 2 is 2.38 bits per heavy atom. The molecule has 1 aromatic heterocycles. The van der Waals surface area contributed by atoms with Crippen LogP contribution in [0.25, 0.3) is 0 Å². The van der Waals surface area contributed by atoms with Gasteiger partial charge in [-0.2, -0.15) is 0 Å². The second kappa shape index (κ2) is 2.90. The molecule has 70 valence electrons. The first-order valence-corrected chi connectivity index (χ1v) is 5.65. The molecule has 2 heterocycles. The first kappa shape index (κ1) is 7.67. The SMILES string of the molecule is c1nnc2n1NC1CCCCC1S2. The van der Waals surface area contributed by atoms with Crippen molar-refractivity contribution in [1.29, 1.82) is 0 Å². The summed E-state index contributed by atoms with van der Waals surface area (Å²) < 4.78 is 1.96. The Hall–Kier alpha value is -0.710. The van der Waals surface area contributed by atoms with Gasteiger partial charge in [0.2, 0.25) is 5.16 Å². The topological polar surface area (TPSA) is 42.7 Å². The van der Waals surface area contributed by atoms with Crippen molar-refractivity contribution < 1.29 is 0 Å². The lowest BCUT2D eigenvalue weighted by molar-refractivity contribution is 0.431. The molecule has 0 spiro atoms. The molecule has 1 fully saturated rings. The molecule has 1 aromatic rings. The van der Waals surface area contributed by atoms with Crippen LogP contribution in [0, 0.1) is 0 Å². The van der Waals surface area contributed by atoms with Gasteiger partial charge in [-0.3, -0.25) is 0 Å². The zero-order chi connectivity index (χ0) is 8.67. The average molecular weight is 196 g/mol. The maximum Gasteiger partial charge on any atom is 0.210 e. The van der Waals surface area contributed by atoms with E-state index in [9.17, 15) is 0 Å². The van der Waals surface area contributed by atoms with E-state index >= 15 is 0 Å². The summed E-state index contributed by atoms with van der Waals surface area (Å²) >= 11 is 1.87. The van der Waals surface area contributed by atoms with Gasteiger partial charge in [-0.05, 0) is 12.8 Å². The van der Waals surface area contributed by atoms with Crippen LogP contribution in [0.4, 0.5) is 0 Å². The van der Waals surface area contributed by atoms with Gasteiger partial charge in [-0.25, -0.2) is 4.68 Å². The Morgan fingerprint density at radius 1 is 1.46 bits per heavy atom. The van der Waals surface area contributed by atoms with Crippen LogP contribution in [0.3, 0.4) is 0 Å². The van der Waals surface area contributed by atoms with Gasteiger partial charge in [0.05, 0.1) is 6.04 Å². The molecule has 0 amide bonds. The number of hydrogen-bond donors (Lipinski definition) is 1. The van der Waals surface area contributed by atoms with Crippen molar-refractivity contribution in [2.75, 3.05) is 5.43 Å². The number of hydrogen-bond acceptors (Lipinski definition) is 4. The fraction of sp³-hybridized carbons (Fsp3) is 0.750. The van der Waals surface area contributed by atoms with E-state index in [1.165, 1.54) is 25.7 Å². The van der Waals surface area contributed by atoms with E-state index in [-0.39, 0.29) is 0 Å². The molecule has 0 radical (unpaired) electrons. The summed E-state index contributed by atoms with van der Waals surface area (Å²) in [7, 11) is 0. The maximum absolute atomic E-state index is 4.06. The Bertz CT molecular complexity index is 282. The first-order chi connectivity index (χ1) is 6.43. The second-order valence-corrected chi connectivity index (χ2v) is 4.87. The predicted molar refractivity (Wildman–Crippen MR) is 51.3 cm³/mol. The van der Waals surface area contributed by atoms with E-state index < -0.39 is 0 Å². The standard InChI is InChI=1S/C8H12N4S/c1-2-4-7-6(3-1)11-12-5-9-10-8(12)13-7/h5-7,11H,1-4H2. The van der Waals surface area contributed by atoms with Crippen LogP contribution in [0.5, 0.6) is 0 Å². The molecule has 3 rings (SSSR count). The molecule has 5 heteroatoms. The largest absolute Gasteiger partial charge is 0.318 e. The Kier molecular flexibility index (Phi) is 1.71. The van der Waals surface area contributed by atoms with Crippen LogP contribution in [0.15, 0.2) is 11.5 Å². The maximum atomic E-state index is 4.06. The van der Waals surface area contributed by atoms with Crippen molar-refractivity contribution in [3.8, 4) is 0 Å². The molecular formula is C8H12N4S. The summed E-state index contributed by atoms with van der Waals surface area (Å²) in [5.74, 6) is 0. The highest BCUT2D eigenvalue weighted by atomic mass is 32.2. The van der Waals surface area contributed by atoms with Gasteiger partial charge in [0.15, 0.2) is 0 Å². The van der Waals surface area contributed by atoms with Crippen LogP contribution in [0.1, 0.15) is 25.7 Å². The minimum atomic E-state index is 0.627. The zero-order valence-corrected chi connectivity index (χ0v) is 8.13. The molecule has 2 atom stereocenters. The molecule has 0 bridgehead atoms. The fourth-order valence-electron chi connectivity index (χ4n) is 2.09. The number of thioether (sulfide) groups is 1. The van der Waals surface area contributed by atoms with Crippen molar-refractivity contribution >= 4 is 11.8 Å². The van der Waals surface area contributed by atoms with Crippen molar-refractivity contribution in [2.24, 2.45) is 0 Å². The summed E-state index contributed by atoms with van der Waals surface area (Å²) in [6, 6.07) is 0.627. The fourth-order valence-corrected chi connectivity index (χ4v) is 3.32. The van der Waals surface area contributed by atoms with E-state index in [2.05, 4.69) is 15.6 Å². The summed E-state index contributed by atoms with van der Waals surface area (Å²) in [4.78, 5) is 0. The predicted octanol–water partition coefficient (Wildman–Crippen LogP) is 1.24. The molecule has 1 aliphatic carbocycles. The molecule has 1 N–H and O–H groups in total.